The molecule has 1 amide bonds. The number of hydrogen-bond donors (Lipinski definition) is 2. The monoisotopic (exact) mass is 313 g/mol. The minimum atomic E-state index is -0.304. The summed E-state index contributed by atoms with van der Waals surface area (Å²) >= 11 is 0. The molecule has 0 saturated heterocycles. The molecule has 0 saturated carbocycles. The van der Waals surface area contributed by atoms with Crippen molar-refractivity contribution in [2.24, 2.45) is 0 Å². The number of hydrogen-bond acceptors (Lipinski definition) is 4. The Labute approximate surface area is 137 Å². The first kappa shape index (κ1) is 16.8. The zero-order chi connectivity index (χ0) is 17.0. The molecule has 0 aliphatic rings. The zero-order valence-corrected chi connectivity index (χ0v) is 14.2. The molecule has 122 valence electrons. The third kappa shape index (κ3) is 4.71. The molecule has 5 heteroatoms. The van der Waals surface area contributed by atoms with Gasteiger partial charge in [-0.15, -0.1) is 0 Å². The zero-order valence-electron chi connectivity index (χ0n) is 14.2. The average Bonchev–Trinajstić information content (AvgIpc) is 2.46. The summed E-state index contributed by atoms with van der Waals surface area (Å²) < 4.78 is 5.36. The quantitative estimate of drug-likeness (QED) is 0.904. The molecule has 2 aromatic rings. The molecule has 0 unspecified atom stereocenters. The molecule has 2 N–H and O–H groups in total. The van der Waals surface area contributed by atoms with Gasteiger partial charge in [0.2, 0.25) is 0 Å². The minimum Gasteiger partial charge on any atom is -0.495 e. The molecule has 0 fully saturated rings. The van der Waals surface area contributed by atoms with Crippen LogP contribution in [0.5, 0.6) is 5.75 Å². The van der Waals surface area contributed by atoms with Gasteiger partial charge >= 0.3 is 0 Å². The lowest BCUT2D eigenvalue weighted by Crippen LogP contribution is -2.40. The Balaban J connectivity index is 2.24. The SMILES string of the molecule is COc1ccc(C)cc1Nc1ccnc(C(=O)NC(C)(C)C)c1. The molecule has 0 radical (unpaired) electrons. The molecule has 0 aliphatic heterocycles. The Morgan fingerprint density at radius 3 is 2.57 bits per heavy atom. The fraction of sp³-hybridized carbons (Fsp3) is 0.333. The maximum Gasteiger partial charge on any atom is 0.270 e. The predicted molar refractivity (Wildman–Crippen MR) is 92.5 cm³/mol. The highest BCUT2D eigenvalue weighted by Gasteiger charge is 2.16. The molecule has 23 heavy (non-hydrogen) atoms. The second kappa shape index (κ2) is 6.69. The van der Waals surface area contributed by atoms with Crippen molar-refractivity contribution in [3.05, 3.63) is 47.8 Å². The Kier molecular flexibility index (Phi) is 4.89. The van der Waals surface area contributed by atoms with Gasteiger partial charge in [-0.05, 0) is 57.5 Å². The minimum absolute atomic E-state index is 0.197. The third-order valence-electron chi connectivity index (χ3n) is 3.12. The number of rotatable bonds is 4. The molecule has 1 aromatic carbocycles. The lowest BCUT2D eigenvalue weighted by molar-refractivity contribution is 0.0914. The van der Waals surface area contributed by atoms with Gasteiger partial charge < -0.3 is 15.4 Å². The summed E-state index contributed by atoms with van der Waals surface area (Å²) in [7, 11) is 1.63. The highest BCUT2D eigenvalue weighted by molar-refractivity contribution is 5.93. The Morgan fingerprint density at radius 1 is 1.17 bits per heavy atom. The molecule has 2 rings (SSSR count). The van der Waals surface area contributed by atoms with Gasteiger partial charge in [0.15, 0.2) is 0 Å². The highest BCUT2D eigenvalue weighted by atomic mass is 16.5. The van der Waals surface area contributed by atoms with E-state index >= 15 is 0 Å². The fourth-order valence-corrected chi connectivity index (χ4v) is 2.11. The van der Waals surface area contributed by atoms with E-state index in [0.29, 0.717) is 5.69 Å². The van der Waals surface area contributed by atoms with E-state index in [4.69, 9.17) is 4.74 Å². The number of carbonyl (C=O) groups excluding carboxylic acids is 1. The maximum atomic E-state index is 12.2. The van der Waals surface area contributed by atoms with Gasteiger partial charge in [-0.25, -0.2) is 0 Å². The van der Waals surface area contributed by atoms with Crippen molar-refractivity contribution < 1.29 is 9.53 Å². The third-order valence-corrected chi connectivity index (χ3v) is 3.12. The molecule has 0 aliphatic carbocycles. The van der Waals surface area contributed by atoms with E-state index < -0.39 is 0 Å². The van der Waals surface area contributed by atoms with Crippen LogP contribution in [0.3, 0.4) is 0 Å². The van der Waals surface area contributed by atoms with E-state index in [-0.39, 0.29) is 11.4 Å². The van der Waals surface area contributed by atoms with Gasteiger partial charge in [-0.1, -0.05) is 6.07 Å². The maximum absolute atomic E-state index is 12.2. The second-order valence-corrected chi connectivity index (χ2v) is 6.46. The second-order valence-electron chi connectivity index (χ2n) is 6.46. The standard InChI is InChI=1S/C18H23N3O2/c1-12-6-7-16(23-5)14(10-12)20-13-8-9-19-15(11-13)17(22)21-18(2,3)4/h6-11H,1-5H3,(H,19,20)(H,21,22). The summed E-state index contributed by atoms with van der Waals surface area (Å²) in [6, 6.07) is 9.43. The van der Waals surface area contributed by atoms with Gasteiger partial charge in [0.05, 0.1) is 12.8 Å². The van der Waals surface area contributed by atoms with Gasteiger partial charge in [-0.2, -0.15) is 0 Å². The number of ether oxygens (including phenoxy) is 1. The summed E-state index contributed by atoms with van der Waals surface area (Å²) in [6.45, 7) is 7.82. The van der Waals surface area contributed by atoms with Crippen LogP contribution in [-0.4, -0.2) is 23.5 Å². The first-order valence-electron chi connectivity index (χ1n) is 7.49. The van der Waals surface area contributed by atoms with Gasteiger partial charge in [0.1, 0.15) is 11.4 Å². The molecular formula is C18H23N3O2. The Bertz CT molecular complexity index is 706. The molecule has 1 heterocycles. The number of nitrogens with one attached hydrogen (secondary N) is 2. The van der Waals surface area contributed by atoms with Crippen molar-refractivity contribution in [2.75, 3.05) is 12.4 Å². The normalized spacial score (nSPS) is 11.0. The highest BCUT2D eigenvalue weighted by Crippen LogP contribution is 2.28. The van der Waals surface area contributed by atoms with Crippen molar-refractivity contribution in [1.29, 1.82) is 0 Å². The van der Waals surface area contributed by atoms with Crippen LogP contribution in [0.4, 0.5) is 11.4 Å². The molecule has 0 bridgehead atoms. The van der Waals surface area contributed by atoms with Crippen LogP contribution < -0.4 is 15.4 Å². The van der Waals surface area contributed by atoms with Crippen molar-refractivity contribution in [1.82, 2.24) is 10.3 Å². The number of benzene rings is 1. The van der Waals surface area contributed by atoms with Crippen molar-refractivity contribution in [2.45, 2.75) is 33.2 Å². The number of nitrogens with zero attached hydrogens (tertiary/aromatic N) is 1. The molecule has 1 aromatic heterocycles. The van der Waals surface area contributed by atoms with Crippen molar-refractivity contribution >= 4 is 17.3 Å². The lowest BCUT2D eigenvalue weighted by atomic mass is 10.1. The average molecular weight is 313 g/mol. The summed E-state index contributed by atoms with van der Waals surface area (Å²) in [6.07, 6.45) is 1.61. The van der Waals surface area contributed by atoms with Crippen molar-refractivity contribution in [3.8, 4) is 5.75 Å². The van der Waals surface area contributed by atoms with E-state index in [0.717, 1.165) is 22.7 Å². The Hall–Kier alpha value is -2.56. The van der Waals surface area contributed by atoms with E-state index in [2.05, 4.69) is 15.6 Å². The predicted octanol–water partition coefficient (Wildman–Crippen LogP) is 3.67. The van der Waals surface area contributed by atoms with Crippen molar-refractivity contribution in [3.63, 3.8) is 0 Å². The fourth-order valence-electron chi connectivity index (χ4n) is 2.11. The first-order chi connectivity index (χ1) is 10.8. The number of amides is 1. The summed E-state index contributed by atoms with van der Waals surface area (Å²) in [4.78, 5) is 16.4. The number of anilines is 2. The summed E-state index contributed by atoms with van der Waals surface area (Å²) in [5.74, 6) is 0.547. The van der Waals surface area contributed by atoms with E-state index in [9.17, 15) is 4.79 Å². The molecule has 0 atom stereocenters. The van der Waals surface area contributed by atoms with Crippen LogP contribution in [-0.2, 0) is 0 Å². The van der Waals surface area contributed by atoms with Crippen LogP contribution in [0.1, 0.15) is 36.8 Å². The number of aryl methyl sites for hydroxylation is 1. The van der Waals surface area contributed by atoms with E-state index in [1.54, 1.807) is 19.4 Å². The number of carbonyl (C=O) groups is 1. The number of aromatic nitrogens is 1. The van der Waals surface area contributed by atoms with Gasteiger partial charge in [0, 0.05) is 17.4 Å². The van der Waals surface area contributed by atoms with Crippen LogP contribution in [0.25, 0.3) is 0 Å². The van der Waals surface area contributed by atoms with Gasteiger partial charge in [-0.3, -0.25) is 9.78 Å². The van der Waals surface area contributed by atoms with Crippen LogP contribution >= 0.6 is 0 Å². The van der Waals surface area contributed by atoms with E-state index in [1.165, 1.54) is 0 Å². The van der Waals surface area contributed by atoms with Crippen LogP contribution in [0.15, 0.2) is 36.5 Å². The van der Waals surface area contributed by atoms with Gasteiger partial charge in [0.25, 0.3) is 5.91 Å². The smallest absolute Gasteiger partial charge is 0.270 e. The number of pyridine rings is 1. The Morgan fingerprint density at radius 2 is 1.91 bits per heavy atom. The first-order valence-corrected chi connectivity index (χ1v) is 7.49. The largest absolute Gasteiger partial charge is 0.495 e. The lowest BCUT2D eigenvalue weighted by Gasteiger charge is -2.20. The molecular weight excluding hydrogens is 290 g/mol. The van der Waals surface area contributed by atoms with Crippen LogP contribution in [0, 0.1) is 6.92 Å². The topological polar surface area (TPSA) is 63.2 Å². The molecule has 5 nitrogen and oxygen atoms in total. The summed E-state index contributed by atoms with van der Waals surface area (Å²) in [5.41, 5.74) is 2.82. The van der Waals surface area contributed by atoms with E-state index in [1.807, 2.05) is 52.0 Å². The molecule has 0 spiro atoms. The van der Waals surface area contributed by atoms with Crippen LogP contribution in [0.2, 0.25) is 0 Å². The summed E-state index contributed by atoms with van der Waals surface area (Å²) in [5, 5.41) is 6.18. The number of methoxy groups -OCH3 is 1.